The summed E-state index contributed by atoms with van der Waals surface area (Å²) in [5.41, 5.74) is 4.54. The predicted molar refractivity (Wildman–Crippen MR) is 62.9 cm³/mol. The molecule has 0 aliphatic carbocycles. The minimum atomic E-state index is 0.809. The first kappa shape index (κ1) is 10.6. The van der Waals surface area contributed by atoms with Crippen molar-refractivity contribution >= 4 is 0 Å². The fraction of sp³-hybridized carbons (Fsp3) is 0.231. The van der Waals surface area contributed by atoms with Crippen LogP contribution in [0.4, 0.5) is 0 Å². The number of hydrogen-bond donors (Lipinski definition) is 1. The lowest BCUT2D eigenvalue weighted by Crippen LogP contribution is -2.22. The molecule has 0 saturated heterocycles. The lowest BCUT2D eigenvalue weighted by molar-refractivity contribution is 0.831. The molecule has 0 fully saturated rings. The zero-order chi connectivity index (χ0) is 10.6. The summed E-state index contributed by atoms with van der Waals surface area (Å²) in [6.45, 7) is 16.6. The third kappa shape index (κ3) is 2.49. The van der Waals surface area contributed by atoms with E-state index in [1.165, 1.54) is 5.57 Å². The third-order valence-electron chi connectivity index (χ3n) is 2.34. The van der Waals surface area contributed by atoms with E-state index in [9.17, 15) is 0 Å². The zero-order valence-corrected chi connectivity index (χ0v) is 8.60. The van der Waals surface area contributed by atoms with E-state index < -0.39 is 0 Å². The van der Waals surface area contributed by atoms with Crippen LogP contribution in [-0.4, -0.2) is 6.54 Å². The molecule has 0 aromatic heterocycles. The van der Waals surface area contributed by atoms with Gasteiger partial charge in [0.15, 0.2) is 0 Å². The van der Waals surface area contributed by atoms with E-state index in [2.05, 4.69) is 31.6 Å². The summed E-state index contributed by atoms with van der Waals surface area (Å²) in [5, 5.41) is 3.08. The summed E-state index contributed by atoms with van der Waals surface area (Å²) in [5.74, 6) is 0. The molecule has 0 amide bonds. The van der Waals surface area contributed by atoms with E-state index in [1.807, 2.05) is 12.3 Å². The van der Waals surface area contributed by atoms with Gasteiger partial charge in [-0.3, -0.25) is 0 Å². The molecule has 74 valence electrons. The molecule has 1 heterocycles. The van der Waals surface area contributed by atoms with Gasteiger partial charge in [-0.25, -0.2) is 0 Å². The molecule has 0 aromatic carbocycles. The molecule has 14 heavy (non-hydrogen) atoms. The Bertz CT molecular complexity index is 318. The van der Waals surface area contributed by atoms with Gasteiger partial charge in [0.25, 0.3) is 0 Å². The second-order valence-electron chi connectivity index (χ2n) is 3.53. The van der Waals surface area contributed by atoms with Crippen LogP contribution in [0.3, 0.4) is 0 Å². The highest BCUT2D eigenvalue weighted by Crippen LogP contribution is 2.23. The summed E-state index contributed by atoms with van der Waals surface area (Å²) in [6, 6.07) is 0. The average molecular weight is 187 g/mol. The summed E-state index contributed by atoms with van der Waals surface area (Å²) in [7, 11) is 0. The largest absolute Gasteiger partial charge is 0.386 e. The highest BCUT2D eigenvalue weighted by atomic mass is 14.9. The SMILES string of the molecule is C=CCC(=C)C(=C)CC(=C)C1=CNC1. The van der Waals surface area contributed by atoms with Crippen molar-refractivity contribution in [2.45, 2.75) is 12.8 Å². The lowest BCUT2D eigenvalue weighted by Gasteiger charge is -2.20. The van der Waals surface area contributed by atoms with Crippen molar-refractivity contribution < 1.29 is 0 Å². The minimum absolute atomic E-state index is 0.809. The van der Waals surface area contributed by atoms with Gasteiger partial charge in [-0.05, 0) is 35.1 Å². The molecule has 1 nitrogen and oxygen atoms in total. The zero-order valence-electron chi connectivity index (χ0n) is 8.60. The molecule has 0 atom stereocenters. The van der Waals surface area contributed by atoms with Crippen LogP contribution in [0.1, 0.15) is 12.8 Å². The molecule has 1 rings (SSSR count). The van der Waals surface area contributed by atoms with E-state index >= 15 is 0 Å². The molecule has 1 N–H and O–H groups in total. The van der Waals surface area contributed by atoms with Crippen molar-refractivity contribution in [3.05, 3.63) is 60.9 Å². The molecule has 0 radical (unpaired) electrons. The van der Waals surface area contributed by atoms with Gasteiger partial charge < -0.3 is 5.32 Å². The van der Waals surface area contributed by atoms with Crippen molar-refractivity contribution in [1.29, 1.82) is 0 Å². The van der Waals surface area contributed by atoms with Gasteiger partial charge in [-0.2, -0.15) is 0 Å². The topological polar surface area (TPSA) is 12.0 Å². The molecule has 0 spiro atoms. The van der Waals surface area contributed by atoms with Crippen LogP contribution in [0.25, 0.3) is 0 Å². The summed E-state index contributed by atoms with van der Waals surface area (Å²) in [6.07, 6.45) is 5.47. The first-order valence-electron chi connectivity index (χ1n) is 4.72. The Hall–Kier alpha value is -1.50. The van der Waals surface area contributed by atoms with Gasteiger partial charge >= 0.3 is 0 Å². The van der Waals surface area contributed by atoms with Gasteiger partial charge in [0.1, 0.15) is 0 Å². The quantitative estimate of drug-likeness (QED) is 0.497. The van der Waals surface area contributed by atoms with Crippen LogP contribution in [0.5, 0.6) is 0 Å². The summed E-state index contributed by atoms with van der Waals surface area (Å²) < 4.78 is 0. The van der Waals surface area contributed by atoms with Crippen molar-refractivity contribution in [1.82, 2.24) is 5.32 Å². The maximum Gasteiger partial charge on any atom is 0.0412 e. The first-order valence-corrected chi connectivity index (χ1v) is 4.72. The second-order valence-corrected chi connectivity index (χ2v) is 3.53. The van der Waals surface area contributed by atoms with E-state index in [-0.39, 0.29) is 0 Å². The Morgan fingerprint density at radius 3 is 2.43 bits per heavy atom. The molecule has 0 aromatic rings. The van der Waals surface area contributed by atoms with Crippen LogP contribution < -0.4 is 5.32 Å². The van der Waals surface area contributed by atoms with Gasteiger partial charge in [-0.1, -0.05) is 25.8 Å². The lowest BCUT2D eigenvalue weighted by atomic mass is 9.94. The first-order chi connectivity index (χ1) is 6.65. The maximum atomic E-state index is 4.02. The molecule has 0 bridgehead atoms. The third-order valence-corrected chi connectivity index (χ3v) is 2.34. The Morgan fingerprint density at radius 1 is 1.36 bits per heavy atom. The molecule has 0 unspecified atom stereocenters. The molecule has 0 saturated carbocycles. The van der Waals surface area contributed by atoms with Crippen molar-refractivity contribution in [2.75, 3.05) is 6.54 Å². The van der Waals surface area contributed by atoms with Gasteiger partial charge in [0, 0.05) is 12.7 Å². The molecule has 1 aliphatic heterocycles. The Balaban J connectivity index is 2.43. The van der Waals surface area contributed by atoms with Gasteiger partial charge in [0.05, 0.1) is 0 Å². The van der Waals surface area contributed by atoms with Crippen LogP contribution >= 0.6 is 0 Å². The van der Waals surface area contributed by atoms with Gasteiger partial charge in [0.2, 0.25) is 0 Å². The minimum Gasteiger partial charge on any atom is -0.386 e. The maximum absolute atomic E-state index is 4.02. The fourth-order valence-electron chi connectivity index (χ4n) is 1.25. The predicted octanol–water partition coefficient (Wildman–Crippen LogP) is 3.11. The molecule has 1 aliphatic rings. The van der Waals surface area contributed by atoms with Crippen LogP contribution in [0.15, 0.2) is 60.9 Å². The summed E-state index contributed by atoms with van der Waals surface area (Å²) >= 11 is 0. The monoisotopic (exact) mass is 187 g/mol. The Labute approximate surface area is 86.2 Å². The molecule has 1 heteroatoms. The van der Waals surface area contributed by atoms with Crippen molar-refractivity contribution in [3.8, 4) is 0 Å². The molecular formula is C13H17N. The van der Waals surface area contributed by atoms with Crippen LogP contribution in [0.2, 0.25) is 0 Å². The van der Waals surface area contributed by atoms with E-state index in [0.717, 1.165) is 36.1 Å². The van der Waals surface area contributed by atoms with Crippen molar-refractivity contribution in [3.63, 3.8) is 0 Å². The van der Waals surface area contributed by atoms with E-state index in [4.69, 9.17) is 0 Å². The smallest absolute Gasteiger partial charge is 0.0412 e. The Kier molecular flexibility index (Phi) is 3.52. The van der Waals surface area contributed by atoms with E-state index in [0.29, 0.717) is 0 Å². The normalized spacial score (nSPS) is 13.3. The van der Waals surface area contributed by atoms with Crippen LogP contribution in [0, 0.1) is 0 Å². The standard InChI is InChI=1S/C13H17N/c1-5-6-10(2)11(3)7-12(4)13-8-14-9-13/h5,8,14H,1-4,6-7,9H2. The number of rotatable bonds is 6. The highest BCUT2D eigenvalue weighted by Gasteiger charge is 2.10. The average Bonchev–Trinajstić information content (AvgIpc) is 2.00. The van der Waals surface area contributed by atoms with Gasteiger partial charge in [-0.15, -0.1) is 6.58 Å². The summed E-state index contributed by atoms with van der Waals surface area (Å²) in [4.78, 5) is 0. The Morgan fingerprint density at radius 2 is 2.00 bits per heavy atom. The fourth-order valence-corrected chi connectivity index (χ4v) is 1.25. The van der Waals surface area contributed by atoms with E-state index in [1.54, 1.807) is 0 Å². The number of allylic oxidation sites excluding steroid dienone is 3. The molecular weight excluding hydrogens is 170 g/mol. The van der Waals surface area contributed by atoms with Crippen LogP contribution in [-0.2, 0) is 0 Å². The number of hydrogen-bond acceptors (Lipinski definition) is 1. The second kappa shape index (κ2) is 4.66. The van der Waals surface area contributed by atoms with Crippen molar-refractivity contribution in [2.24, 2.45) is 0 Å². The number of nitrogens with one attached hydrogen (secondary N) is 1. The highest BCUT2D eigenvalue weighted by molar-refractivity contribution is 5.41.